The molecule has 1 aromatic rings. The molecular formula is C22H30ClN3O4. The molecule has 1 heterocycles. The summed E-state index contributed by atoms with van der Waals surface area (Å²) in [5, 5.41) is 6.03. The number of hydrogen-bond donors (Lipinski definition) is 2. The van der Waals surface area contributed by atoms with Crippen molar-refractivity contribution in [2.75, 3.05) is 26.2 Å². The van der Waals surface area contributed by atoms with Crippen molar-refractivity contribution in [3.05, 3.63) is 40.9 Å². The van der Waals surface area contributed by atoms with Gasteiger partial charge in [-0.15, -0.1) is 0 Å². The third kappa shape index (κ3) is 8.86. The number of piperidine rings is 1. The minimum absolute atomic E-state index is 0.0788. The number of amides is 3. The molecule has 1 aromatic carbocycles. The molecule has 1 aliphatic heterocycles. The Bertz CT molecular complexity index is 781. The minimum Gasteiger partial charge on any atom is -0.444 e. The molecule has 1 fully saturated rings. The molecule has 0 saturated carbocycles. The van der Waals surface area contributed by atoms with Crippen LogP contribution in [0.25, 0.3) is 6.08 Å². The summed E-state index contributed by atoms with van der Waals surface area (Å²) in [4.78, 5) is 37.7. The lowest BCUT2D eigenvalue weighted by Gasteiger charge is -2.32. The number of carbonyl (C=O) groups excluding carboxylic acids is 3. The first-order chi connectivity index (χ1) is 14.1. The summed E-state index contributed by atoms with van der Waals surface area (Å²) in [7, 11) is 0. The van der Waals surface area contributed by atoms with Crippen LogP contribution in [-0.4, -0.2) is 54.6 Å². The lowest BCUT2D eigenvalue weighted by Crippen LogP contribution is -2.46. The normalized spacial score (nSPS) is 15.1. The van der Waals surface area contributed by atoms with E-state index in [2.05, 4.69) is 10.6 Å². The average molecular weight is 436 g/mol. The maximum atomic E-state index is 12.3. The minimum atomic E-state index is -0.598. The molecule has 0 unspecified atom stereocenters. The van der Waals surface area contributed by atoms with E-state index >= 15 is 0 Å². The number of hydrogen-bond acceptors (Lipinski definition) is 4. The Morgan fingerprint density at radius 1 is 1.20 bits per heavy atom. The lowest BCUT2D eigenvalue weighted by molar-refractivity contribution is -0.131. The van der Waals surface area contributed by atoms with Gasteiger partial charge in [-0.2, -0.15) is 0 Å². The zero-order valence-electron chi connectivity index (χ0n) is 17.7. The summed E-state index contributed by atoms with van der Waals surface area (Å²) >= 11 is 5.93. The van der Waals surface area contributed by atoms with Crippen molar-refractivity contribution < 1.29 is 19.1 Å². The van der Waals surface area contributed by atoms with Crippen LogP contribution in [0.1, 0.15) is 39.2 Å². The zero-order chi connectivity index (χ0) is 22.1. The predicted molar refractivity (Wildman–Crippen MR) is 117 cm³/mol. The Kier molecular flexibility index (Phi) is 8.72. The Hall–Kier alpha value is -2.54. The number of carbonyl (C=O) groups is 3. The highest BCUT2D eigenvalue weighted by molar-refractivity contribution is 6.30. The van der Waals surface area contributed by atoms with E-state index < -0.39 is 11.7 Å². The molecule has 7 nitrogen and oxygen atoms in total. The van der Waals surface area contributed by atoms with Crippen molar-refractivity contribution in [3.63, 3.8) is 0 Å². The maximum Gasteiger partial charge on any atom is 0.408 e. The number of likely N-dealkylation sites (tertiary alicyclic amines) is 1. The van der Waals surface area contributed by atoms with Crippen molar-refractivity contribution in [2.24, 2.45) is 5.92 Å². The third-order valence-electron chi connectivity index (χ3n) is 4.59. The smallest absolute Gasteiger partial charge is 0.408 e. The molecule has 164 valence electrons. The van der Waals surface area contributed by atoms with Gasteiger partial charge in [0.25, 0.3) is 0 Å². The molecule has 1 saturated heterocycles. The SMILES string of the molecule is CC(C)(C)OC(=O)NCC(=O)N1CCC(CNC(=O)/C=C/c2cccc(Cl)c2)CC1. The van der Waals surface area contributed by atoms with Crippen LogP contribution in [-0.2, 0) is 14.3 Å². The largest absolute Gasteiger partial charge is 0.444 e. The first-order valence-corrected chi connectivity index (χ1v) is 10.5. The van der Waals surface area contributed by atoms with Gasteiger partial charge < -0.3 is 20.3 Å². The number of alkyl carbamates (subject to hydrolysis) is 1. The standard InChI is InChI=1S/C22H30ClN3O4/c1-22(2,3)30-21(29)25-15-20(28)26-11-9-17(10-12-26)14-24-19(27)8-7-16-5-4-6-18(23)13-16/h4-8,13,17H,9-12,14-15H2,1-3H3,(H,24,27)(H,25,29)/b8-7+. The molecule has 0 atom stereocenters. The van der Waals surface area contributed by atoms with E-state index in [9.17, 15) is 14.4 Å². The molecule has 30 heavy (non-hydrogen) atoms. The fourth-order valence-electron chi connectivity index (χ4n) is 3.05. The second-order valence-corrected chi connectivity index (χ2v) is 8.75. The number of ether oxygens (including phenoxy) is 1. The van der Waals surface area contributed by atoms with E-state index in [1.165, 1.54) is 6.08 Å². The van der Waals surface area contributed by atoms with Gasteiger partial charge in [0.05, 0.1) is 0 Å². The summed E-state index contributed by atoms with van der Waals surface area (Å²) in [5.74, 6) is 0.0271. The van der Waals surface area contributed by atoms with Gasteiger partial charge in [0, 0.05) is 30.7 Å². The molecule has 0 aromatic heterocycles. The second kappa shape index (κ2) is 11.0. The summed E-state index contributed by atoms with van der Waals surface area (Å²) in [5.41, 5.74) is 0.267. The molecule has 2 N–H and O–H groups in total. The van der Waals surface area contributed by atoms with Crippen LogP contribution in [0.15, 0.2) is 30.3 Å². The monoisotopic (exact) mass is 435 g/mol. The van der Waals surface area contributed by atoms with Gasteiger partial charge in [-0.25, -0.2) is 4.79 Å². The molecule has 0 bridgehead atoms. The summed E-state index contributed by atoms with van der Waals surface area (Å²) in [6, 6.07) is 7.28. The average Bonchev–Trinajstić information content (AvgIpc) is 2.68. The van der Waals surface area contributed by atoms with E-state index in [0.717, 1.165) is 18.4 Å². The van der Waals surface area contributed by atoms with Gasteiger partial charge in [-0.05, 0) is 63.3 Å². The number of halogens is 1. The van der Waals surface area contributed by atoms with E-state index in [1.54, 1.807) is 43.9 Å². The molecule has 8 heteroatoms. The molecule has 1 aliphatic rings. The molecule has 2 rings (SSSR count). The van der Waals surface area contributed by atoms with Crippen molar-refractivity contribution >= 4 is 35.6 Å². The summed E-state index contributed by atoms with van der Waals surface area (Å²) < 4.78 is 5.13. The van der Waals surface area contributed by atoms with Crippen molar-refractivity contribution in [1.82, 2.24) is 15.5 Å². The zero-order valence-corrected chi connectivity index (χ0v) is 18.5. The van der Waals surface area contributed by atoms with Crippen molar-refractivity contribution in [3.8, 4) is 0 Å². The summed E-state index contributed by atoms with van der Waals surface area (Å²) in [6.07, 6.45) is 4.22. The van der Waals surface area contributed by atoms with E-state index in [4.69, 9.17) is 16.3 Å². The van der Waals surface area contributed by atoms with Crippen LogP contribution in [0.5, 0.6) is 0 Å². The van der Waals surface area contributed by atoms with Gasteiger partial charge in [0.1, 0.15) is 12.1 Å². The van der Waals surface area contributed by atoms with Crippen LogP contribution in [0, 0.1) is 5.92 Å². The van der Waals surface area contributed by atoms with Gasteiger partial charge in [-0.3, -0.25) is 9.59 Å². The molecule has 0 aliphatic carbocycles. The quantitative estimate of drug-likeness (QED) is 0.671. The Morgan fingerprint density at radius 3 is 2.53 bits per heavy atom. The highest BCUT2D eigenvalue weighted by atomic mass is 35.5. The predicted octanol–water partition coefficient (Wildman–Crippen LogP) is 3.23. The highest BCUT2D eigenvalue weighted by Gasteiger charge is 2.24. The Labute approximate surface area is 182 Å². The number of rotatable bonds is 6. The van der Waals surface area contributed by atoms with Crippen LogP contribution in [0.2, 0.25) is 5.02 Å². The van der Waals surface area contributed by atoms with Crippen molar-refractivity contribution in [2.45, 2.75) is 39.2 Å². The van der Waals surface area contributed by atoms with Crippen LogP contribution < -0.4 is 10.6 Å². The number of nitrogens with zero attached hydrogens (tertiary/aromatic N) is 1. The van der Waals surface area contributed by atoms with Crippen molar-refractivity contribution in [1.29, 1.82) is 0 Å². The Morgan fingerprint density at radius 2 is 1.90 bits per heavy atom. The maximum absolute atomic E-state index is 12.3. The lowest BCUT2D eigenvalue weighted by atomic mass is 9.96. The van der Waals surface area contributed by atoms with Crippen LogP contribution in [0.3, 0.4) is 0 Å². The van der Waals surface area contributed by atoms with E-state index in [1.807, 2.05) is 12.1 Å². The fraction of sp³-hybridized carbons (Fsp3) is 0.500. The second-order valence-electron chi connectivity index (χ2n) is 8.31. The first kappa shape index (κ1) is 23.7. The van der Waals surface area contributed by atoms with Crippen LogP contribution in [0.4, 0.5) is 4.79 Å². The molecule has 3 amide bonds. The summed E-state index contributed by atoms with van der Waals surface area (Å²) in [6.45, 7) is 7.00. The highest BCUT2D eigenvalue weighted by Crippen LogP contribution is 2.16. The first-order valence-electron chi connectivity index (χ1n) is 10.1. The van der Waals surface area contributed by atoms with Crippen LogP contribution >= 0.6 is 11.6 Å². The molecule has 0 radical (unpaired) electrons. The fourth-order valence-corrected chi connectivity index (χ4v) is 3.25. The van der Waals surface area contributed by atoms with E-state index in [-0.39, 0.29) is 18.4 Å². The Balaban J connectivity index is 1.66. The topological polar surface area (TPSA) is 87.7 Å². The third-order valence-corrected chi connectivity index (χ3v) is 4.83. The van der Waals surface area contributed by atoms with Gasteiger partial charge in [0.15, 0.2) is 0 Å². The van der Waals surface area contributed by atoms with Gasteiger partial charge in [0.2, 0.25) is 11.8 Å². The van der Waals surface area contributed by atoms with Gasteiger partial charge >= 0.3 is 6.09 Å². The number of nitrogens with one attached hydrogen (secondary N) is 2. The number of benzene rings is 1. The molecule has 0 spiro atoms. The van der Waals surface area contributed by atoms with Gasteiger partial charge in [-0.1, -0.05) is 23.7 Å². The molecular weight excluding hydrogens is 406 g/mol. The van der Waals surface area contributed by atoms with E-state index in [0.29, 0.717) is 30.6 Å².